The first-order valence-corrected chi connectivity index (χ1v) is 9.91. The highest BCUT2D eigenvalue weighted by Gasteiger charge is 2.27. The maximum Gasteiger partial charge on any atom is 0.214 e. The molecule has 1 saturated carbocycles. The Hall–Kier alpha value is -1.31. The number of pyridine rings is 1. The number of rotatable bonds is 6. The molecule has 0 saturated heterocycles. The Balaban J connectivity index is 1.55. The van der Waals surface area contributed by atoms with Crippen LogP contribution in [0.2, 0.25) is 0 Å². The molecule has 7 heteroatoms. The normalized spacial score (nSPS) is 16.2. The zero-order valence-electron chi connectivity index (χ0n) is 12.2. The third kappa shape index (κ3) is 3.71. The van der Waals surface area contributed by atoms with E-state index < -0.39 is 10.0 Å². The number of aromatic nitrogens is 2. The van der Waals surface area contributed by atoms with Crippen LogP contribution in [0.25, 0.3) is 10.6 Å². The van der Waals surface area contributed by atoms with E-state index in [2.05, 4.69) is 14.7 Å². The molecule has 2 aromatic heterocycles. The van der Waals surface area contributed by atoms with Crippen LogP contribution in [0.1, 0.15) is 31.4 Å². The lowest BCUT2D eigenvalue weighted by molar-refractivity contribution is 0.564. The maximum atomic E-state index is 12.1. The van der Waals surface area contributed by atoms with Gasteiger partial charge in [0.25, 0.3) is 0 Å². The smallest absolute Gasteiger partial charge is 0.214 e. The Morgan fingerprint density at radius 2 is 2.14 bits per heavy atom. The summed E-state index contributed by atoms with van der Waals surface area (Å²) in [6.07, 6.45) is 7.75. The van der Waals surface area contributed by atoms with Crippen LogP contribution in [0.3, 0.4) is 0 Å². The zero-order chi connectivity index (χ0) is 15.4. The third-order valence-electron chi connectivity index (χ3n) is 3.89. The molecular weight excluding hydrogens is 318 g/mol. The van der Waals surface area contributed by atoms with Crippen molar-refractivity contribution >= 4 is 21.4 Å². The monoisotopic (exact) mass is 337 g/mol. The lowest BCUT2D eigenvalue weighted by Gasteiger charge is -2.11. The van der Waals surface area contributed by atoms with Crippen LogP contribution in [0, 0.1) is 0 Å². The lowest BCUT2D eigenvalue weighted by atomic mass is 10.3. The molecule has 0 bridgehead atoms. The number of nitrogens with one attached hydrogen (secondary N) is 1. The predicted molar refractivity (Wildman–Crippen MR) is 88.2 cm³/mol. The highest BCUT2D eigenvalue weighted by atomic mass is 32.2. The molecule has 3 rings (SSSR count). The van der Waals surface area contributed by atoms with Gasteiger partial charge in [0, 0.05) is 36.3 Å². The minimum absolute atomic E-state index is 0.200. The zero-order valence-corrected chi connectivity index (χ0v) is 13.9. The minimum atomic E-state index is -3.16. The molecule has 1 aliphatic carbocycles. The van der Waals surface area contributed by atoms with Crippen molar-refractivity contribution in [1.82, 2.24) is 14.7 Å². The minimum Gasteiger partial charge on any atom is -0.264 e. The molecule has 1 fully saturated rings. The fraction of sp³-hybridized carbons (Fsp3) is 0.467. The summed E-state index contributed by atoms with van der Waals surface area (Å²) in [7, 11) is -3.16. The van der Waals surface area contributed by atoms with E-state index in [4.69, 9.17) is 0 Å². The molecule has 0 aromatic carbocycles. The SMILES string of the molecule is O=S(=O)(NCCc1csc(-c2cccnc2)n1)C1CCCC1. The van der Waals surface area contributed by atoms with Gasteiger partial charge in [0.05, 0.1) is 10.9 Å². The van der Waals surface area contributed by atoms with Crippen LogP contribution in [0.4, 0.5) is 0 Å². The fourth-order valence-corrected chi connectivity index (χ4v) is 5.10. The first kappa shape index (κ1) is 15.6. The number of nitrogens with zero attached hydrogens (tertiary/aromatic N) is 2. The third-order valence-corrected chi connectivity index (χ3v) is 6.78. The Bertz CT molecular complexity index is 707. The second-order valence-corrected chi connectivity index (χ2v) is 8.38. The van der Waals surface area contributed by atoms with E-state index in [0.29, 0.717) is 13.0 Å². The summed E-state index contributed by atoms with van der Waals surface area (Å²) in [5.74, 6) is 0. The molecule has 2 aromatic rings. The first-order valence-electron chi connectivity index (χ1n) is 7.48. The van der Waals surface area contributed by atoms with Crippen LogP contribution in [-0.2, 0) is 16.4 Å². The lowest BCUT2D eigenvalue weighted by Crippen LogP contribution is -2.34. The maximum absolute atomic E-state index is 12.1. The van der Waals surface area contributed by atoms with Crippen LogP contribution in [0.5, 0.6) is 0 Å². The highest BCUT2D eigenvalue weighted by Crippen LogP contribution is 2.24. The van der Waals surface area contributed by atoms with E-state index >= 15 is 0 Å². The van der Waals surface area contributed by atoms with Crippen molar-refractivity contribution in [2.24, 2.45) is 0 Å². The van der Waals surface area contributed by atoms with Crippen molar-refractivity contribution in [3.63, 3.8) is 0 Å². The Labute approximate surface area is 134 Å². The van der Waals surface area contributed by atoms with Crippen LogP contribution in [0.15, 0.2) is 29.9 Å². The van der Waals surface area contributed by atoms with Gasteiger partial charge in [-0.25, -0.2) is 18.1 Å². The molecule has 118 valence electrons. The van der Waals surface area contributed by atoms with E-state index in [1.807, 2.05) is 17.5 Å². The molecule has 1 N–H and O–H groups in total. The summed E-state index contributed by atoms with van der Waals surface area (Å²) in [4.78, 5) is 8.63. The predicted octanol–water partition coefficient (Wildman–Crippen LogP) is 2.61. The quantitative estimate of drug-likeness (QED) is 0.879. The van der Waals surface area contributed by atoms with Crippen molar-refractivity contribution in [3.8, 4) is 10.6 Å². The van der Waals surface area contributed by atoms with Crippen LogP contribution >= 0.6 is 11.3 Å². The fourth-order valence-electron chi connectivity index (χ4n) is 2.68. The topological polar surface area (TPSA) is 72.0 Å². The van der Waals surface area contributed by atoms with Crippen molar-refractivity contribution < 1.29 is 8.42 Å². The van der Waals surface area contributed by atoms with Crippen molar-refractivity contribution in [2.75, 3.05) is 6.54 Å². The van der Waals surface area contributed by atoms with Gasteiger partial charge in [-0.05, 0) is 25.0 Å². The average molecular weight is 337 g/mol. The van der Waals surface area contributed by atoms with Gasteiger partial charge in [0.1, 0.15) is 5.01 Å². The molecule has 2 heterocycles. The summed E-state index contributed by atoms with van der Waals surface area (Å²) in [5.41, 5.74) is 1.91. The molecule has 1 aliphatic rings. The van der Waals surface area contributed by atoms with E-state index in [1.54, 1.807) is 23.7 Å². The van der Waals surface area contributed by atoms with Gasteiger partial charge in [-0.2, -0.15) is 0 Å². The van der Waals surface area contributed by atoms with E-state index in [1.165, 1.54) is 0 Å². The standard InChI is InChI=1S/C15H19N3O2S2/c19-22(20,14-5-1-2-6-14)17-9-7-13-11-21-15(18-13)12-4-3-8-16-10-12/h3-4,8,10-11,14,17H,1-2,5-7,9H2. The second kappa shape index (κ2) is 6.85. The summed E-state index contributed by atoms with van der Waals surface area (Å²) in [6.45, 7) is 0.412. The average Bonchev–Trinajstić information content (AvgIpc) is 3.20. The second-order valence-electron chi connectivity index (χ2n) is 5.48. The van der Waals surface area contributed by atoms with Crippen molar-refractivity contribution in [3.05, 3.63) is 35.6 Å². The molecule has 0 amide bonds. The molecule has 0 spiro atoms. The Kier molecular flexibility index (Phi) is 4.85. The van der Waals surface area contributed by atoms with Crippen LogP contribution < -0.4 is 4.72 Å². The Morgan fingerprint density at radius 1 is 1.32 bits per heavy atom. The number of hydrogen-bond acceptors (Lipinski definition) is 5. The van der Waals surface area contributed by atoms with Gasteiger partial charge in [-0.15, -0.1) is 11.3 Å². The first-order chi connectivity index (χ1) is 10.6. The van der Waals surface area contributed by atoms with Crippen molar-refractivity contribution in [2.45, 2.75) is 37.4 Å². The molecule has 5 nitrogen and oxygen atoms in total. The molecule has 22 heavy (non-hydrogen) atoms. The van der Waals surface area contributed by atoms with Gasteiger partial charge in [0.2, 0.25) is 10.0 Å². The summed E-state index contributed by atoms with van der Waals surface area (Å²) in [6, 6.07) is 3.85. The molecule has 0 atom stereocenters. The van der Waals surface area contributed by atoms with E-state index in [0.717, 1.165) is 41.9 Å². The van der Waals surface area contributed by atoms with Gasteiger partial charge in [-0.1, -0.05) is 12.8 Å². The van der Waals surface area contributed by atoms with Crippen molar-refractivity contribution in [1.29, 1.82) is 0 Å². The Morgan fingerprint density at radius 3 is 2.86 bits per heavy atom. The van der Waals surface area contributed by atoms with E-state index in [9.17, 15) is 8.42 Å². The van der Waals surface area contributed by atoms with E-state index in [-0.39, 0.29) is 5.25 Å². The van der Waals surface area contributed by atoms with Crippen LogP contribution in [-0.4, -0.2) is 30.2 Å². The summed E-state index contributed by atoms with van der Waals surface area (Å²) >= 11 is 1.56. The number of thiazole rings is 1. The largest absolute Gasteiger partial charge is 0.264 e. The number of sulfonamides is 1. The van der Waals surface area contributed by atoms with Gasteiger partial charge >= 0.3 is 0 Å². The number of hydrogen-bond donors (Lipinski definition) is 1. The summed E-state index contributed by atoms with van der Waals surface area (Å²) < 4.78 is 26.9. The molecule has 0 aliphatic heterocycles. The van der Waals surface area contributed by atoms with Gasteiger partial charge < -0.3 is 0 Å². The molecular formula is C15H19N3O2S2. The van der Waals surface area contributed by atoms with Gasteiger partial charge in [0.15, 0.2) is 0 Å². The highest BCUT2D eigenvalue weighted by molar-refractivity contribution is 7.90. The summed E-state index contributed by atoms with van der Waals surface area (Å²) in [5, 5.41) is 2.70. The molecule has 0 unspecified atom stereocenters. The van der Waals surface area contributed by atoms with Gasteiger partial charge in [-0.3, -0.25) is 4.98 Å². The molecule has 0 radical (unpaired) electrons.